The number of nitrogens with zero attached hydrogens (tertiary/aromatic N) is 3. The molecule has 0 saturated heterocycles. The molecule has 4 rings (SSSR count). The Labute approximate surface area is 164 Å². The van der Waals surface area contributed by atoms with Crippen LogP contribution in [0.4, 0.5) is 0 Å². The van der Waals surface area contributed by atoms with Gasteiger partial charge in [-0.15, -0.1) is 0 Å². The van der Waals surface area contributed by atoms with Gasteiger partial charge in [0.2, 0.25) is 15.9 Å². The van der Waals surface area contributed by atoms with Crippen molar-refractivity contribution in [2.75, 3.05) is 13.1 Å². The van der Waals surface area contributed by atoms with Crippen LogP contribution in [0.3, 0.4) is 0 Å². The minimum atomic E-state index is -3.63. The Balaban J connectivity index is 1.46. The lowest BCUT2D eigenvalue weighted by Crippen LogP contribution is -2.34. The van der Waals surface area contributed by atoms with Crippen molar-refractivity contribution in [2.45, 2.75) is 31.2 Å². The Morgan fingerprint density at radius 3 is 2.89 bits per heavy atom. The first-order chi connectivity index (χ1) is 13.4. The Kier molecular flexibility index (Phi) is 4.91. The van der Waals surface area contributed by atoms with E-state index in [1.165, 1.54) is 6.92 Å². The second-order valence-corrected chi connectivity index (χ2v) is 8.71. The maximum absolute atomic E-state index is 12.7. The molecular weight excluding hydrogens is 376 g/mol. The third-order valence-electron chi connectivity index (χ3n) is 5.10. The Morgan fingerprint density at radius 2 is 2.07 bits per heavy atom. The highest BCUT2D eigenvalue weighted by Crippen LogP contribution is 2.22. The summed E-state index contributed by atoms with van der Waals surface area (Å²) in [5, 5.41) is 0. The number of carbonyl (C=O) groups excluding carboxylic acids is 1. The SMILES string of the molecule is CC(=O)N1CCc2ccc(S(=O)(=O)NCCc3ncc4ccccn34)cc2C1. The highest BCUT2D eigenvalue weighted by molar-refractivity contribution is 7.89. The van der Waals surface area contributed by atoms with Crippen LogP contribution in [0.25, 0.3) is 5.52 Å². The Hall–Kier alpha value is -2.71. The van der Waals surface area contributed by atoms with Crippen LogP contribution in [0.2, 0.25) is 0 Å². The number of fused-ring (bicyclic) bond motifs is 2. The summed E-state index contributed by atoms with van der Waals surface area (Å²) in [4.78, 5) is 17.9. The molecule has 146 valence electrons. The van der Waals surface area contributed by atoms with E-state index >= 15 is 0 Å². The number of benzene rings is 1. The van der Waals surface area contributed by atoms with Crippen LogP contribution in [0.15, 0.2) is 53.7 Å². The van der Waals surface area contributed by atoms with Gasteiger partial charge in [0, 0.05) is 39.2 Å². The van der Waals surface area contributed by atoms with Crippen LogP contribution in [-0.4, -0.2) is 41.7 Å². The average Bonchev–Trinajstić information content (AvgIpc) is 3.10. The number of hydrogen-bond donors (Lipinski definition) is 1. The predicted molar refractivity (Wildman–Crippen MR) is 105 cm³/mol. The third-order valence-corrected chi connectivity index (χ3v) is 6.56. The van der Waals surface area contributed by atoms with E-state index in [4.69, 9.17) is 0 Å². The fourth-order valence-corrected chi connectivity index (χ4v) is 4.62. The van der Waals surface area contributed by atoms with E-state index in [9.17, 15) is 13.2 Å². The van der Waals surface area contributed by atoms with Crippen LogP contribution in [0.5, 0.6) is 0 Å². The molecule has 0 aliphatic carbocycles. The van der Waals surface area contributed by atoms with Crippen molar-refractivity contribution in [3.8, 4) is 0 Å². The molecule has 2 aromatic heterocycles. The maximum Gasteiger partial charge on any atom is 0.240 e. The van der Waals surface area contributed by atoms with Gasteiger partial charge < -0.3 is 9.30 Å². The van der Waals surface area contributed by atoms with Gasteiger partial charge in [-0.05, 0) is 41.8 Å². The monoisotopic (exact) mass is 398 g/mol. The van der Waals surface area contributed by atoms with Crippen molar-refractivity contribution in [1.29, 1.82) is 0 Å². The largest absolute Gasteiger partial charge is 0.338 e. The van der Waals surface area contributed by atoms with Gasteiger partial charge in [-0.3, -0.25) is 4.79 Å². The van der Waals surface area contributed by atoms with Crippen molar-refractivity contribution in [1.82, 2.24) is 19.0 Å². The number of amides is 1. The number of hydrogen-bond acceptors (Lipinski definition) is 4. The summed E-state index contributed by atoms with van der Waals surface area (Å²) in [7, 11) is -3.63. The fourth-order valence-electron chi connectivity index (χ4n) is 3.53. The normalized spacial score (nSPS) is 14.2. The summed E-state index contributed by atoms with van der Waals surface area (Å²) in [6, 6.07) is 11.0. The quantitative estimate of drug-likeness (QED) is 0.710. The van der Waals surface area contributed by atoms with E-state index in [0.717, 1.165) is 28.9 Å². The molecule has 0 fully saturated rings. The van der Waals surface area contributed by atoms with Crippen molar-refractivity contribution in [2.24, 2.45) is 0 Å². The zero-order valence-electron chi connectivity index (χ0n) is 15.6. The topological polar surface area (TPSA) is 83.8 Å². The molecule has 1 aromatic carbocycles. The van der Waals surface area contributed by atoms with E-state index in [-0.39, 0.29) is 17.3 Å². The first-order valence-corrected chi connectivity index (χ1v) is 10.7. The van der Waals surface area contributed by atoms with Gasteiger partial charge in [0.15, 0.2) is 0 Å². The smallest absolute Gasteiger partial charge is 0.240 e. The van der Waals surface area contributed by atoms with Crippen LogP contribution in [0.1, 0.15) is 23.9 Å². The van der Waals surface area contributed by atoms with Crippen LogP contribution < -0.4 is 4.72 Å². The summed E-state index contributed by atoms with van der Waals surface area (Å²) < 4.78 is 30.0. The van der Waals surface area contributed by atoms with Gasteiger partial charge >= 0.3 is 0 Å². The van der Waals surface area contributed by atoms with Crippen molar-refractivity contribution in [3.63, 3.8) is 0 Å². The van der Waals surface area contributed by atoms with E-state index in [2.05, 4.69) is 9.71 Å². The average molecular weight is 398 g/mol. The van der Waals surface area contributed by atoms with Gasteiger partial charge in [0.1, 0.15) is 5.82 Å². The van der Waals surface area contributed by atoms with Crippen LogP contribution in [-0.2, 0) is 34.2 Å². The Morgan fingerprint density at radius 1 is 1.21 bits per heavy atom. The third kappa shape index (κ3) is 3.65. The second kappa shape index (κ2) is 7.37. The van der Waals surface area contributed by atoms with Gasteiger partial charge in [0.25, 0.3) is 0 Å². The summed E-state index contributed by atoms with van der Waals surface area (Å²) in [6.07, 6.45) is 4.92. The van der Waals surface area contributed by atoms with Gasteiger partial charge in [-0.1, -0.05) is 12.1 Å². The molecule has 1 aliphatic heterocycles. The second-order valence-electron chi connectivity index (χ2n) is 6.94. The molecule has 1 amide bonds. The molecule has 28 heavy (non-hydrogen) atoms. The highest BCUT2D eigenvalue weighted by Gasteiger charge is 2.21. The van der Waals surface area contributed by atoms with Crippen molar-refractivity contribution < 1.29 is 13.2 Å². The maximum atomic E-state index is 12.7. The number of sulfonamides is 1. The molecule has 3 aromatic rings. The molecule has 1 N–H and O–H groups in total. The minimum absolute atomic E-state index is 0.00367. The number of nitrogens with one attached hydrogen (secondary N) is 1. The molecule has 8 heteroatoms. The molecular formula is C20H22N4O3S. The lowest BCUT2D eigenvalue weighted by atomic mass is 10.00. The fraction of sp³-hybridized carbons (Fsp3) is 0.300. The highest BCUT2D eigenvalue weighted by atomic mass is 32.2. The van der Waals surface area contributed by atoms with Gasteiger partial charge in [-0.25, -0.2) is 18.1 Å². The van der Waals surface area contributed by atoms with E-state index in [1.54, 1.807) is 23.2 Å². The zero-order chi connectivity index (χ0) is 19.7. The molecule has 0 unspecified atom stereocenters. The summed E-state index contributed by atoms with van der Waals surface area (Å²) >= 11 is 0. The predicted octanol–water partition coefficient (Wildman–Crippen LogP) is 1.76. The number of pyridine rings is 1. The molecule has 0 atom stereocenters. The number of aromatic nitrogens is 2. The molecule has 0 spiro atoms. The molecule has 7 nitrogen and oxygen atoms in total. The van der Waals surface area contributed by atoms with Crippen molar-refractivity contribution in [3.05, 3.63) is 65.7 Å². The van der Waals surface area contributed by atoms with Gasteiger partial charge in [-0.2, -0.15) is 0 Å². The summed E-state index contributed by atoms with van der Waals surface area (Å²) in [5.41, 5.74) is 2.97. The van der Waals surface area contributed by atoms with Crippen LogP contribution >= 0.6 is 0 Å². The van der Waals surface area contributed by atoms with Crippen molar-refractivity contribution >= 4 is 21.4 Å². The van der Waals surface area contributed by atoms with Gasteiger partial charge in [0.05, 0.1) is 16.6 Å². The van der Waals surface area contributed by atoms with E-state index in [1.807, 2.05) is 34.9 Å². The molecule has 0 radical (unpaired) electrons. The summed E-state index contributed by atoms with van der Waals surface area (Å²) in [6.45, 7) is 2.92. The molecule has 3 heterocycles. The first-order valence-electron chi connectivity index (χ1n) is 9.22. The summed E-state index contributed by atoms with van der Waals surface area (Å²) in [5.74, 6) is 0.810. The molecule has 1 aliphatic rings. The van der Waals surface area contributed by atoms with E-state index in [0.29, 0.717) is 19.5 Å². The number of rotatable bonds is 5. The molecule has 0 saturated carbocycles. The lowest BCUT2D eigenvalue weighted by molar-refractivity contribution is -0.129. The number of carbonyl (C=O) groups is 1. The minimum Gasteiger partial charge on any atom is -0.338 e. The standard InChI is InChI=1S/C20H22N4O3S/c1-15(25)23-11-8-16-5-6-19(12-17(16)14-23)28(26,27)22-9-7-20-21-13-18-4-2-3-10-24(18)20/h2-6,10,12-13,22H,7-9,11,14H2,1H3. The van der Waals surface area contributed by atoms with Crippen LogP contribution in [0, 0.1) is 0 Å². The van der Waals surface area contributed by atoms with E-state index < -0.39 is 10.0 Å². The zero-order valence-corrected chi connectivity index (χ0v) is 16.4. The first kappa shape index (κ1) is 18.6. The molecule has 0 bridgehead atoms. The number of imidazole rings is 1. The lowest BCUT2D eigenvalue weighted by Gasteiger charge is -2.28. The Bertz CT molecular complexity index is 1140.